The average molecular weight is 951 g/mol. The van der Waals surface area contributed by atoms with Crippen LogP contribution < -0.4 is 4.90 Å². The second-order valence-corrected chi connectivity index (χ2v) is 20.3. The molecule has 0 atom stereocenters. The minimum Gasteiger partial charge on any atom is -0.310 e. The molecular formula is C73H46N2. The summed E-state index contributed by atoms with van der Waals surface area (Å²) >= 11 is 0. The number of nitrogens with zero attached hydrogens (tertiary/aromatic N) is 2. The summed E-state index contributed by atoms with van der Waals surface area (Å²) in [7, 11) is 0. The maximum Gasteiger partial charge on any atom is 0.0726 e. The van der Waals surface area contributed by atoms with Gasteiger partial charge in [-0.25, -0.2) is 0 Å². The van der Waals surface area contributed by atoms with E-state index >= 15 is 0 Å². The SMILES string of the molecule is c1ccc(-n2c3ccccc3c3c(-c4cccc(-c5ccc(N(c6ccc7c(c6)C6(c8ccccc8-c8ccccc86)c6ccccc6-7)c6ccc7c8ccccc8c8ccccc8c7c6)cc5)c4)cccc32)cc1. The van der Waals surface area contributed by atoms with Crippen molar-refractivity contribution in [3.63, 3.8) is 0 Å². The summed E-state index contributed by atoms with van der Waals surface area (Å²) in [6.45, 7) is 0. The Hall–Kier alpha value is -9.76. The summed E-state index contributed by atoms with van der Waals surface area (Å²) in [6, 6.07) is 104. The van der Waals surface area contributed by atoms with E-state index in [0.29, 0.717) is 0 Å². The molecule has 1 heterocycles. The molecule has 0 fully saturated rings. The van der Waals surface area contributed by atoms with Crippen LogP contribution in [0.15, 0.2) is 279 Å². The van der Waals surface area contributed by atoms with Gasteiger partial charge in [-0.1, -0.05) is 212 Å². The molecule has 348 valence electrons. The van der Waals surface area contributed by atoms with Crippen molar-refractivity contribution in [3.8, 4) is 50.2 Å². The smallest absolute Gasteiger partial charge is 0.0726 e. The van der Waals surface area contributed by atoms with Gasteiger partial charge < -0.3 is 9.47 Å². The van der Waals surface area contributed by atoms with Crippen LogP contribution in [-0.4, -0.2) is 4.57 Å². The molecule has 14 aromatic rings. The highest BCUT2D eigenvalue weighted by molar-refractivity contribution is 6.26. The second-order valence-electron chi connectivity index (χ2n) is 20.3. The maximum atomic E-state index is 2.50. The number of benzene rings is 13. The Bertz CT molecular complexity index is 4560. The molecule has 0 radical (unpaired) electrons. The van der Waals surface area contributed by atoms with Crippen molar-refractivity contribution in [2.24, 2.45) is 0 Å². The Kier molecular flexibility index (Phi) is 8.99. The van der Waals surface area contributed by atoms with E-state index in [1.807, 2.05) is 0 Å². The normalized spacial score (nSPS) is 12.9. The number of rotatable bonds is 6. The van der Waals surface area contributed by atoms with Gasteiger partial charge in [-0.2, -0.15) is 0 Å². The van der Waals surface area contributed by atoms with Crippen LogP contribution in [0, 0.1) is 0 Å². The van der Waals surface area contributed by atoms with Crippen molar-refractivity contribution >= 4 is 71.2 Å². The zero-order valence-electron chi connectivity index (χ0n) is 41.0. The molecule has 1 aromatic heterocycles. The fraction of sp³-hybridized carbons (Fsp3) is 0.0137. The summed E-state index contributed by atoms with van der Waals surface area (Å²) in [6.07, 6.45) is 0. The van der Waals surface area contributed by atoms with E-state index in [1.165, 1.54) is 115 Å². The van der Waals surface area contributed by atoms with E-state index < -0.39 is 5.41 Å². The van der Waals surface area contributed by atoms with E-state index in [4.69, 9.17) is 0 Å². The van der Waals surface area contributed by atoms with Crippen LogP contribution in [0.5, 0.6) is 0 Å². The third kappa shape index (κ3) is 5.97. The van der Waals surface area contributed by atoms with Gasteiger partial charge in [0, 0.05) is 33.5 Å². The Balaban J connectivity index is 0.876. The highest BCUT2D eigenvalue weighted by atomic mass is 15.1. The Morgan fingerprint density at radius 1 is 0.253 bits per heavy atom. The van der Waals surface area contributed by atoms with Crippen molar-refractivity contribution in [2.75, 3.05) is 4.90 Å². The van der Waals surface area contributed by atoms with Gasteiger partial charge in [-0.3, -0.25) is 0 Å². The zero-order valence-corrected chi connectivity index (χ0v) is 41.0. The van der Waals surface area contributed by atoms with Crippen molar-refractivity contribution in [2.45, 2.75) is 5.41 Å². The fourth-order valence-corrected chi connectivity index (χ4v) is 13.5. The van der Waals surface area contributed by atoms with E-state index in [-0.39, 0.29) is 0 Å². The van der Waals surface area contributed by atoms with Gasteiger partial charge in [-0.05, 0) is 166 Å². The lowest BCUT2D eigenvalue weighted by Crippen LogP contribution is -2.26. The highest BCUT2D eigenvalue weighted by Crippen LogP contribution is 2.63. The lowest BCUT2D eigenvalue weighted by atomic mass is 9.70. The van der Waals surface area contributed by atoms with Gasteiger partial charge in [0.1, 0.15) is 0 Å². The van der Waals surface area contributed by atoms with E-state index in [0.717, 1.165) is 28.3 Å². The third-order valence-electron chi connectivity index (χ3n) is 16.6. The highest BCUT2D eigenvalue weighted by Gasteiger charge is 2.51. The van der Waals surface area contributed by atoms with Crippen LogP contribution >= 0.6 is 0 Å². The third-order valence-corrected chi connectivity index (χ3v) is 16.6. The maximum absolute atomic E-state index is 2.50. The molecule has 2 aliphatic rings. The Morgan fingerprint density at radius 3 is 1.39 bits per heavy atom. The lowest BCUT2D eigenvalue weighted by Gasteiger charge is -2.32. The molecule has 16 rings (SSSR count). The minimum absolute atomic E-state index is 0.463. The van der Waals surface area contributed by atoms with Gasteiger partial charge in [0.25, 0.3) is 0 Å². The molecule has 0 saturated carbocycles. The van der Waals surface area contributed by atoms with E-state index in [1.54, 1.807) is 0 Å². The molecular weight excluding hydrogens is 905 g/mol. The standard InChI is InChI=1S/C73H46N2/c1-2-20-50(21-3-1)75-70-34-15-11-29-64(70)72-54(30-17-35-71(72)75)49-19-16-18-48(44-49)47-36-38-51(39-37-47)74(52-40-42-59-57-24-5-4-22-55(57)56-23-6-7-25-58(56)65(59)45-52)53-41-43-63-62-28-10-14-33-68(62)73(69(63)46-53)66-31-12-8-26-60(66)61-27-9-13-32-67(61)73/h1-46H. The number of fused-ring (bicyclic) bond motifs is 19. The Morgan fingerprint density at radius 2 is 0.720 bits per heavy atom. The molecule has 1 spiro atoms. The number of aromatic nitrogens is 1. The number of anilines is 3. The van der Waals surface area contributed by atoms with Gasteiger partial charge in [0.05, 0.1) is 16.4 Å². The largest absolute Gasteiger partial charge is 0.310 e. The number of para-hydroxylation sites is 2. The quantitative estimate of drug-likeness (QED) is 0.151. The lowest BCUT2D eigenvalue weighted by molar-refractivity contribution is 0.793. The predicted octanol–water partition coefficient (Wildman–Crippen LogP) is 19.4. The number of hydrogen-bond donors (Lipinski definition) is 0. The Labute approximate surface area is 435 Å². The van der Waals surface area contributed by atoms with Crippen molar-refractivity contribution in [1.82, 2.24) is 4.57 Å². The monoisotopic (exact) mass is 950 g/mol. The molecule has 0 bridgehead atoms. The molecule has 13 aromatic carbocycles. The van der Waals surface area contributed by atoms with Crippen LogP contribution in [0.1, 0.15) is 22.3 Å². The van der Waals surface area contributed by atoms with Crippen molar-refractivity contribution in [3.05, 3.63) is 301 Å². The van der Waals surface area contributed by atoms with Crippen molar-refractivity contribution in [1.29, 1.82) is 0 Å². The minimum atomic E-state index is -0.463. The molecule has 2 aliphatic carbocycles. The summed E-state index contributed by atoms with van der Waals surface area (Å²) in [5, 5.41) is 10.1. The fourth-order valence-electron chi connectivity index (χ4n) is 13.5. The first kappa shape index (κ1) is 41.8. The summed E-state index contributed by atoms with van der Waals surface area (Å²) in [5.41, 5.74) is 21.7. The first-order valence-corrected chi connectivity index (χ1v) is 26.1. The summed E-state index contributed by atoms with van der Waals surface area (Å²) in [4.78, 5) is 2.48. The number of hydrogen-bond acceptors (Lipinski definition) is 1. The van der Waals surface area contributed by atoms with E-state index in [9.17, 15) is 0 Å². The molecule has 0 N–H and O–H groups in total. The summed E-state index contributed by atoms with van der Waals surface area (Å²) < 4.78 is 2.40. The van der Waals surface area contributed by atoms with Crippen LogP contribution in [-0.2, 0) is 5.41 Å². The van der Waals surface area contributed by atoms with Gasteiger partial charge in [0.15, 0.2) is 0 Å². The molecule has 0 aliphatic heterocycles. The van der Waals surface area contributed by atoms with Crippen LogP contribution in [0.3, 0.4) is 0 Å². The predicted molar refractivity (Wildman–Crippen MR) is 315 cm³/mol. The molecule has 0 saturated heterocycles. The zero-order chi connectivity index (χ0) is 49.2. The topological polar surface area (TPSA) is 8.17 Å². The molecule has 0 amide bonds. The molecule has 75 heavy (non-hydrogen) atoms. The van der Waals surface area contributed by atoms with Crippen LogP contribution in [0.25, 0.3) is 104 Å². The molecule has 2 heteroatoms. The van der Waals surface area contributed by atoms with Crippen LogP contribution in [0.2, 0.25) is 0 Å². The first-order chi connectivity index (χ1) is 37.2. The van der Waals surface area contributed by atoms with Gasteiger partial charge in [-0.15, -0.1) is 0 Å². The summed E-state index contributed by atoms with van der Waals surface area (Å²) in [5.74, 6) is 0. The van der Waals surface area contributed by atoms with Crippen LogP contribution in [0.4, 0.5) is 17.1 Å². The first-order valence-electron chi connectivity index (χ1n) is 26.1. The van der Waals surface area contributed by atoms with Crippen molar-refractivity contribution < 1.29 is 0 Å². The molecule has 0 unspecified atom stereocenters. The van der Waals surface area contributed by atoms with Gasteiger partial charge >= 0.3 is 0 Å². The second kappa shape index (κ2) is 16.1. The van der Waals surface area contributed by atoms with E-state index in [2.05, 4.69) is 289 Å². The average Bonchev–Trinajstić information content (AvgIpc) is 4.28. The molecule has 2 nitrogen and oxygen atoms in total. The van der Waals surface area contributed by atoms with Gasteiger partial charge in [0.2, 0.25) is 0 Å².